The molecule has 0 saturated carbocycles. The fourth-order valence-corrected chi connectivity index (χ4v) is 8.71. The molecule has 11 rings (SSSR count). The molecule has 0 saturated heterocycles. The van der Waals surface area contributed by atoms with Gasteiger partial charge in [-0.1, -0.05) is 152 Å². The highest BCUT2D eigenvalue weighted by Crippen LogP contribution is 2.49. The number of hydrogen-bond donors (Lipinski definition) is 0. The highest BCUT2D eigenvalue weighted by Gasteiger charge is 2.38. The maximum atomic E-state index is 5.07. The van der Waals surface area contributed by atoms with Crippen LogP contribution in [-0.2, 0) is 0 Å². The normalized spacial score (nSPS) is 15.9. The van der Waals surface area contributed by atoms with E-state index in [1.165, 1.54) is 49.9 Å². The van der Waals surface area contributed by atoms with Crippen LogP contribution in [0, 0.1) is 0 Å². The molecule has 0 bridgehead atoms. The summed E-state index contributed by atoms with van der Waals surface area (Å²) in [5.41, 5.74) is 14.8. The van der Waals surface area contributed by atoms with Gasteiger partial charge in [-0.05, 0) is 71.3 Å². The fourth-order valence-electron chi connectivity index (χ4n) is 8.71. The highest BCUT2D eigenvalue weighted by atomic mass is 15.2. The second-order valence-electron chi connectivity index (χ2n) is 14.6. The molecule has 0 spiro atoms. The Labute approximate surface area is 326 Å². The lowest BCUT2D eigenvalue weighted by Crippen LogP contribution is -2.28. The van der Waals surface area contributed by atoms with Crippen molar-refractivity contribution in [1.29, 1.82) is 0 Å². The van der Waals surface area contributed by atoms with Crippen molar-refractivity contribution in [2.24, 2.45) is 0 Å². The van der Waals surface area contributed by atoms with Gasteiger partial charge in [-0.25, -0.2) is 9.97 Å². The summed E-state index contributed by atoms with van der Waals surface area (Å²) in [7, 11) is 0. The van der Waals surface area contributed by atoms with Crippen molar-refractivity contribution >= 4 is 38.8 Å². The first-order chi connectivity index (χ1) is 27.8. The Morgan fingerprint density at radius 3 is 1.82 bits per heavy atom. The highest BCUT2D eigenvalue weighted by molar-refractivity contribution is 6.10. The molecule has 7 aromatic carbocycles. The first kappa shape index (κ1) is 32.2. The minimum absolute atomic E-state index is 0.166. The maximum Gasteiger partial charge on any atom is 0.160 e. The van der Waals surface area contributed by atoms with Crippen LogP contribution >= 0.6 is 0 Å². The molecule has 9 aromatic rings. The van der Waals surface area contributed by atoms with Crippen LogP contribution in [0.3, 0.4) is 0 Å². The summed E-state index contributed by atoms with van der Waals surface area (Å²) in [5, 5.41) is 2.53. The largest absolute Gasteiger partial charge is 0.333 e. The molecule has 1 aliphatic carbocycles. The quantitative estimate of drug-likeness (QED) is 0.172. The second kappa shape index (κ2) is 13.2. The lowest BCUT2D eigenvalue weighted by Gasteiger charge is -2.30. The van der Waals surface area contributed by atoms with E-state index in [1.54, 1.807) is 0 Å². The molecule has 0 amide bonds. The van der Waals surface area contributed by atoms with Crippen molar-refractivity contribution in [3.8, 4) is 39.6 Å². The number of aromatic nitrogens is 3. The standard InChI is InChI=1S/C52H36N4/c1-4-14-35(15-5-1)46-34-47(54-52(53-46)37-16-6-2-7-17-37)36-24-28-41(29-25-36)56-49-23-13-11-21-43(49)45-33-39(27-31-51(45)56)38-26-30-50-44(32-38)42-20-10-12-22-48(42)55(50)40-18-8-3-9-19-40/h1-34,45,51H. The zero-order valence-corrected chi connectivity index (χ0v) is 30.6. The minimum Gasteiger partial charge on any atom is -0.333 e. The predicted molar refractivity (Wildman–Crippen MR) is 231 cm³/mol. The van der Waals surface area contributed by atoms with Crippen LogP contribution in [-0.4, -0.2) is 20.6 Å². The molecule has 2 atom stereocenters. The van der Waals surface area contributed by atoms with Crippen molar-refractivity contribution < 1.29 is 0 Å². The molecule has 3 heterocycles. The molecule has 0 N–H and O–H groups in total. The smallest absolute Gasteiger partial charge is 0.160 e. The van der Waals surface area contributed by atoms with E-state index in [0.717, 1.165) is 39.6 Å². The summed E-state index contributed by atoms with van der Waals surface area (Å²) in [6.45, 7) is 0. The molecule has 56 heavy (non-hydrogen) atoms. The molecule has 4 nitrogen and oxygen atoms in total. The van der Waals surface area contributed by atoms with Crippen LogP contribution in [0.2, 0.25) is 0 Å². The number of benzene rings is 7. The third-order valence-electron chi connectivity index (χ3n) is 11.3. The van der Waals surface area contributed by atoms with E-state index in [-0.39, 0.29) is 12.0 Å². The number of allylic oxidation sites excluding steroid dienone is 2. The first-order valence-electron chi connectivity index (χ1n) is 19.2. The summed E-state index contributed by atoms with van der Waals surface area (Å²) in [6, 6.07) is 66.9. The van der Waals surface area contributed by atoms with Gasteiger partial charge in [0.25, 0.3) is 0 Å². The van der Waals surface area contributed by atoms with Gasteiger partial charge in [0.2, 0.25) is 0 Å². The number of hydrogen-bond acceptors (Lipinski definition) is 3. The van der Waals surface area contributed by atoms with Crippen LogP contribution in [0.1, 0.15) is 17.0 Å². The fraction of sp³-hybridized carbons (Fsp3) is 0.0385. The van der Waals surface area contributed by atoms with Gasteiger partial charge in [0.15, 0.2) is 5.82 Å². The lowest BCUT2D eigenvalue weighted by atomic mass is 9.86. The molecule has 2 aliphatic rings. The maximum absolute atomic E-state index is 5.07. The molecule has 0 fully saturated rings. The van der Waals surface area contributed by atoms with E-state index in [0.29, 0.717) is 0 Å². The van der Waals surface area contributed by atoms with Crippen molar-refractivity contribution in [3.63, 3.8) is 0 Å². The molecule has 0 radical (unpaired) electrons. The summed E-state index contributed by atoms with van der Waals surface area (Å²) in [4.78, 5) is 12.6. The third kappa shape index (κ3) is 5.38. The van der Waals surface area contributed by atoms with E-state index in [4.69, 9.17) is 9.97 Å². The van der Waals surface area contributed by atoms with Gasteiger partial charge in [0.1, 0.15) is 0 Å². The first-order valence-corrected chi connectivity index (χ1v) is 19.2. The van der Waals surface area contributed by atoms with Gasteiger partial charge in [-0.2, -0.15) is 0 Å². The minimum atomic E-state index is 0.166. The molecular formula is C52H36N4. The molecule has 2 unspecified atom stereocenters. The Morgan fingerprint density at radius 1 is 0.446 bits per heavy atom. The Hall–Kier alpha value is -7.30. The number of rotatable bonds is 6. The van der Waals surface area contributed by atoms with Crippen molar-refractivity contribution in [3.05, 3.63) is 217 Å². The number of para-hydroxylation sites is 3. The van der Waals surface area contributed by atoms with Gasteiger partial charge >= 0.3 is 0 Å². The Morgan fingerprint density at radius 2 is 1.05 bits per heavy atom. The summed E-state index contributed by atoms with van der Waals surface area (Å²) in [5.74, 6) is 0.939. The molecule has 2 aromatic heterocycles. The van der Waals surface area contributed by atoms with Crippen molar-refractivity contribution in [2.45, 2.75) is 12.0 Å². The summed E-state index contributed by atoms with van der Waals surface area (Å²) >= 11 is 0. The van der Waals surface area contributed by atoms with E-state index in [9.17, 15) is 0 Å². The van der Waals surface area contributed by atoms with E-state index < -0.39 is 0 Å². The van der Waals surface area contributed by atoms with Crippen LogP contribution < -0.4 is 4.90 Å². The average Bonchev–Trinajstić information content (AvgIpc) is 3.79. The predicted octanol–water partition coefficient (Wildman–Crippen LogP) is 12.8. The second-order valence-corrected chi connectivity index (χ2v) is 14.6. The van der Waals surface area contributed by atoms with Gasteiger partial charge in [-0.15, -0.1) is 0 Å². The van der Waals surface area contributed by atoms with Crippen LogP contribution in [0.25, 0.3) is 67.0 Å². The Balaban J connectivity index is 0.945. The van der Waals surface area contributed by atoms with Crippen molar-refractivity contribution in [2.75, 3.05) is 4.90 Å². The van der Waals surface area contributed by atoms with Gasteiger partial charge in [0, 0.05) is 50.4 Å². The van der Waals surface area contributed by atoms with Crippen molar-refractivity contribution in [1.82, 2.24) is 14.5 Å². The topological polar surface area (TPSA) is 34.0 Å². The zero-order chi connectivity index (χ0) is 37.0. The Kier molecular flexibility index (Phi) is 7.59. The number of nitrogens with zero attached hydrogens (tertiary/aromatic N) is 4. The van der Waals surface area contributed by atoms with E-state index in [2.05, 4.69) is 191 Å². The van der Waals surface area contributed by atoms with Gasteiger partial charge < -0.3 is 9.47 Å². The lowest BCUT2D eigenvalue weighted by molar-refractivity contribution is 0.747. The Bertz CT molecular complexity index is 2900. The SMILES string of the molecule is C1=CC2C(C=C1c1ccc3c(c1)c1ccccc1n3-c1ccccc1)c1ccccc1N2c1ccc(-c2cc(-c3ccccc3)nc(-c3ccccc3)n2)cc1. The van der Waals surface area contributed by atoms with E-state index >= 15 is 0 Å². The molecular weight excluding hydrogens is 681 g/mol. The molecule has 1 aliphatic heterocycles. The zero-order valence-electron chi connectivity index (χ0n) is 30.6. The van der Waals surface area contributed by atoms with Crippen LogP contribution in [0.5, 0.6) is 0 Å². The summed E-state index contributed by atoms with van der Waals surface area (Å²) in [6.07, 6.45) is 7.20. The van der Waals surface area contributed by atoms with Gasteiger partial charge in [-0.3, -0.25) is 0 Å². The average molecular weight is 717 g/mol. The molecule has 264 valence electrons. The van der Waals surface area contributed by atoms with Gasteiger partial charge in [0.05, 0.1) is 28.5 Å². The van der Waals surface area contributed by atoms with Crippen LogP contribution in [0.4, 0.5) is 11.4 Å². The van der Waals surface area contributed by atoms with E-state index in [1.807, 2.05) is 24.3 Å². The third-order valence-corrected chi connectivity index (χ3v) is 11.3. The van der Waals surface area contributed by atoms with Crippen LogP contribution in [0.15, 0.2) is 206 Å². The summed E-state index contributed by atoms with van der Waals surface area (Å²) < 4.78 is 2.38. The number of fused-ring (bicyclic) bond motifs is 6. The molecule has 4 heteroatoms. The number of anilines is 2. The monoisotopic (exact) mass is 716 g/mol.